The van der Waals surface area contributed by atoms with Crippen molar-refractivity contribution in [1.29, 1.82) is 0 Å². The number of carbonyl (C=O) groups excluding carboxylic acids is 2. The maximum atomic E-state index is 12.9. The fraction of sp³-hybridized carbons (Fsp3) is 0.238. The molecule has 4 rings (SSSR count). The molecular formula is C21H20N4O2. The summed E-state index contributed by atoms with van der Waals surface area (Å²) < 4.78 is 0. The van der Waals surface area contributed by atoms with Crippen LogP contribution in [0.1, 0.15) is 30.1 Å². The topological polar surface area (TPSA) is 75.2 Å². The van der Waals surface area contributed by atoms with E-state index in [2.05, 4.69) is 15.3 Å². The normalized spacial score (nSPS) is 16.5. The van der Waals surface area contributed by atoms with Gasteiger partial charge in [-0.05, 0) is 44.0 Å². The number of hydrogen-bond acceptors (Lipinski definition) is 5. The maximum Gasteiger partial charge on any atom is 0.247 e. The molecule has 1 saturated heterocycles. The molecule has 1 fully saturated rings. The van der Waals surface area contributed by atoms with Crippen LogP contribution in [0.5, 0.6) is 0 Å². The van der Waals surface area contributed by atoms with Crippen molar-refractivity contribution in [2.45, 2.75) is 25.8 Å². The van der Waals surface area contributed by atoms with E-state index >= 15 is 0 Å². The molecule has 3 aromatic rings. The van der Waals surface area contributed by atoms with Gasteiger partial charge < -0.3 is 10.2 Å². The van der Waals surface area contributed by atoms with Gasteiger partial charge in [0.25, 0.3) is 0 Å². The van der Waals surface area contributed by atoms with Crippen LogP contribution < -0.4 is 10.2 Å². The van der Waals surface area contributed by atoms with Crippen LogP contribution in [0.15, 0.2) is 54.9 Å². The zero-order valence-electron chi connectivity index (χ0n) is 15.1. The quantitative estimate of drug-likeness (QED) is 0.722. The average Bonchev–Trinajstić information content (AvgIpc) is 3.17. The van der Waals surface area contributed by atoms with Gasteiger partial charge in [-0.25, -0.2) is 9.97 Å². The number of para-hydroxylation sites is 1. The zero-order chi connectivity index (χ0) is 18.8. The Morgan fingerprint density at radius 2 is 1.96 bits per heavy atom. The maximum absolute atomic E-state index is 12.9. The first-order valence-corrected chi connectivity index (χ1v) is 9.02. The van der Waals surface area contributed by atoms with Gasteiger partial charge in [0.2, 0.25) is 5.91 Å². The Labute approximate surface area is 157 Å². The van der Waals surface area contributed by atoms with Crippen molar-refractivity contribution in [3.63, 3.8) is 0 Å². The summed E-state index contributed by atoms with van der Waals surface area (Å²) in [4.78, 5) is 35.3. The lowest BCUT2D eigenvalue weighted by Crippen LogP contribution is -2.40. The molecule has 6 heteroatoms. The number of hydrogen-bond donors (Lipinski definition) is 1. The second-order valence-corrected chi connectivity index (χ2v) is 6.69. The van der Waals surface area contributed by atoms with Crippen molar-refractivity contribution >= 4 is 34.1 Å². The lowest BCUT2D eigenvalue weighted by atomic mass is 10.1. The summed E-state index contributed by atoms with van der Waals surface area (Å²) in [5, 5.41) is 3.89. The van der Waals surface area contributed by atoms with E-state index in [1.165, 1.54) is 6.92 Å². The molecule has 1 aliphatic rings. The Bertz CT molecular complexity index is 1010. The van der Waals surface area contributed by atoms with Gasteiger partial charge in [-0.2, -0.15) is 0 Å². The molecule has 1 aromatic heterocycles. The van der Waals surface area contributed by atoms with E-state index in [1.807, 2.05) is 29.2 Å². The Balaban J connectivity index is 1.60. The van der Waals surface area contributed by atoms with E-state index in [0.29, 0.717) is 11.3 Å². The van der Waals surface area contributed by atoms with Gasteiger partial charge in [0, 0.05) is 23.2 Å². The molecular weight excluding hydrogens is 340 g/mol. The van der Waals surface area contributed by atoms with Crippen LogP contribution in [0.2, 0.25) is 0 Å². The Hall–Kier alpha value is -3.28. The predicted octanol–water partition coefficient (Wildman–Crippen LogP) is 3.44. The van der Waals surface area contributed by atoms with Crippen LogP contribution in [0.25, 0.3) is 10.9 Å². The number of amides is 1. The minimum Gasteiger partial charge on any atom is -0.344 e. The van der Waals surface area contributed by atoms with Crippen LogP contribution in [0.4, 0.5) is 11.5 Å². The van der Waals surface area contributed by atoms with Gasteiger partial charge in [-0.3, -0.25) is 9.59 Å². The number of carbonyl (C=O) groups is 2. The second-order valence-electron chi connectivity index (χ2n) is 6.69. The molecule has 0 bridgehead atoms. The largest absolute Gasteiger partial charge is 0.344 e. The van der Waals surface area contributed by atoms with E-state index < -0.39 is 0 Å². The molecule has 2 heterocycles. The fourth-order valence-electron chi connectivity index (χ4n) is 3.55. The molecule has 1 N–H and O–H groups in total. The molecule has 1 amide bonds. The second kappa shape index (κ2) is 7.15. The highest BCUT2D eigenvalue weighted by molar-refractivity contribution is 6.01. The third kappa shape index (κ3) is 3.38. The number of aromatic nitrogens is 2. The SMILES string of the molecule is CC(=O)c1cccc(NC(=O)C2CCCN2c2ncnc3ccccc23)c1. The van der Waals surface area contributed by atoms with Crippen molar-refractivity contribution < 1.29 is 9.59 Å². The van der Waals surface area contributed by atoms with Gasteiger partial charge >= 0.3 is 0 Å². The Kier molecular flexibility index (Phi) is 4.54. The highest BCUT2D eigenvalue weighted by Gasteiger charge is 2.32. The highest BCUT2D eigenvalue weighted by atomic mass is 16.2. The number of nitrogens with zero attached hydrogens (tertiary/aromatic N) is 3. The summed E-state index contributed by atoms with van der Waals surface area (Å²) in [6, 6.07) is 14.5. The minimum atomic E-state index is -0.302. The number of Topliss-reactive ketones (excluding diaryl/α,β-unsaturated/α-hetero) is 1. The molecule has 0 radical (unpaired) electrons. The Morgan fingerprint density at radius 3 is 2.81 bits per heavy atom. The van der Waals surface area contributed by atoms with Gasteiger partial charge in [-0.1, -0.05) is 24.3 Å². The third-order valence-corrected chi connectivity index (χ3v) is 4.89. The average molecular weight is 360 g/mol. The standard InChI is InChI=1S/C21H20N4O2/c1-14(26)15-6-4-7-16(12-15)24-21(27)19-10-5-11-25(19)20-17-8-2-3-9-18(17)22-13-23-20/h2-4,6-9,12-13,19H,5,10-11H2,1H3,(H,24,27). The Morgan fingerprint density at radius 1 is 1.11 bits per heavy atom. The summed E-state index contributed by atoms with van der Waals surface area (Å²) in [5.41, 5.74) is 2.08. The van der Waals surface area contributed by atoms with Crippen molar-refractivity contribution in [2.24, 2.45) is 0 Å². The number of nitrogens with one attached hydrogen (secondary N) is 1. The number of fused-ring (bicyclic) bond motifs is 1. The van der Waals surface area contributed by atoms with Gasteiger partial charge in [0.1, 0.15) is 18.2 Å². The first kappa shape index (κ1) is 17.1. The number of benzene rings is 2. The van der Waals surface area contributed by atoms with Crippen molar-refractivity contribution in [3.8, 4) is 0 Å². The molecule has 1 unspecified atom stereocenters. The first-order chi connectivity index (χ1) is 13.1. The van der Waals surface area contributed by atoms with Crippen molar-refractivity contribution in [3.05, 3.63) is 60.4 Å². The molecule has 1 aliphatic heterocycles. The lowest BCUT2D eigenvalue weighted by Gasteiger charge is -2.25. The van der Waals surface area contributed by atoms with Crippen LogP contribution in [0, 0.1) is 0 Å². The summed E-state index contributed by atoms with van der Waals surface area (Å²) in [7, 11) is 0. The summed E-state index contributed by atoms with van der Waals surface area (Å²) >= 11 is 0. The number of anilines is 2. The van der Waals surface area contributed by atoms with E-state index in [9.17, 15) is 9.59 Å². The molecule has 27 heavy (non-hydrogen) atoms. The number of rotatable bonds is 4. The lowest BCUT2D eigenvalue weighted by molar-refractivity contribution is -0.117. The molecule has 1 atom stereocenters. The van der Waals surface area contributed by atoms with E-state index in [0.717, 1.165) is 36.1 Å². The number of ketones is 1. The van der Waals surface area contributed by atoms with E-state index in [-0.39, 0.29) is 17.7 Å². The molecule has 0 saturated carbocycles. The highest BCUT2D eigenvalue weighted by Crippen LogP contribution is 2.30. The third-order valence-electron chi connectivity index (χ3n) is 4.89. The van der Waals surface area contributed by atoms with E-state index in [4.69, 9.17) is 0 Å². The molecule has 6 nitrogen and oxygen atoms in total. The monoisotopic (exact) mass is 360 g/mol. The van der Waals surface area contributed by atoms with Crippen LogP contribution >= 0.6 is 0 Å². The van der Waals surface area contributed by atoms with E-state index in [1.54, 1.807) is 30.6 Å². The van der Waals surface area contributed by atoms with Crippen LogP contribution in [0.3, 0.4) is 0 Å². The minimum absolute atomic E-state index is 0.0268. The molecule has 2 aromatic carbocycles. The molecule has 136 valence electrons. The summed E-state index contributed by atoms with van der Waals surface area (Å²) in [6.07, 6.45) is 3.22. The predicted molar refractivity (Wildman–Crippen MR) is 105 cm³/mol. The molecule has 0 aliphatic carbocycles. The van der Waals surface area contributed by atoms with Crippen molar-refractivity contribution in [2.75, 3.05) is 16.8 Å². The van der Waals surface area contributed by atoms with Crippen LogP contribution in [-0.2, 0) is 4.79 Å². The fourth-order valence-corrected chi connectivity index (χ4v) is 3.55. The van der Waals surface area contributed by atoms with Gasteiger partial charge in [-0.15, -0.1) is 0 Å². The van der Waals surface area contributed by atoms with Crippen molar-refractivity contribution in [1.82, 2.24) is 9.97 Å². The zero-order valence-corrected chi connectivity index (χ0v) is 15.1. The van der Waals surface area contributed by atoms with Gasteiger partial charge in [0.15, 0.2) is 5.78 Å². The summed E-state index contributed by atoms with van der Waals surface area (Å²) in [6.45, 7) is 2.28. The summed E-state index contributed by atoms with van der Waals surface area (Å²) in [5.74, 6) is 0.674. The molecule has 0 spiro atoms. The smallest absolute Gasteiger partial charge is 0.247 e. The first-order valence-electron chi connectivity index (χ1n) is 9.02. The van der Waals surface area contributed by atoms with Gasteiger partial charge in [0.05, 0.1) is 5.52 Å². The van der Waals surface area contributed by atoms with Crippen LogP contribution in [-0.4, -0.2) is 34.2 Å².